The molecule has 0 spiro atoms. The smallest absolute Gasteiger partial charge is 0.0357 e. The quantitative estimate of drug-likeness (QED) is 0.617. The van der Waals surface area contributed by atoms with Crippen molar-refractivity contribution in [2.24, 2.45) is 41.4 Å². The zero-order valence-electron chi connectivity index (χ0n) is 12.6. The van der Waals surface area contributed by atoms with Crippen LogP contribution in [0.25, 0.3) is 0 Å². The zero-order chi connectivity index (χ0) is 12.6. The molecule has 100 valence electrons. The van der Waals surface area contributed by atoms with Crippen molar-refractivity contribution in [1.29, 1.82) is 0 Å². The molecule has 0 nitrogen and oxygen atoms in total. The molecule has 2 saturated carbocycles. The second kappa shape index (κ2) is 5.33. The highest BCUT2D eigenvalue weighted by Crippen LogP contribution is 2.49. The maximum absolute atomic E-state index is 2.49. The molecule has 0 amide bonds. The first-order valence-corrected chi connectivity index (χ1v) is 8.00. The van der Waals surface area contributed by atoms with Crippen LogP contribution < -0.4 is 0 Å². The summed E-state index contributed by atoms with van der Waals surface area (Å²) < 4.78 is 0. The summed E-state index contributed by atoms with van der Waals surface area (Å²) in [6, 6.07) is 0. The molecule has 0 aliphatic heterocycles. The Morgan fingerprint density at radius 2 is 1.41 bits per heavy atom. The topological polar surface area (TPSA) is 0 Å². The average Bonchev–Trinajstić information content (AvgIpc) is 2.32. The van der Waals surface area contributed by atoms with Gasteiger partial charge in [-0.3, -0.25) is 0 Å². The first-order valence-electron chi connectivity index (χ1n) is 8.00. The Hall–Kier alpha value is 0. The van der Waals surface area contributed by atoms with Crippen molar-refractivity contribution < 1.29 is 0 Å². The Bertz CT molecular complexity index is 234. The Labute approximate surface area is 109 Å². The van der Waals surface area contributed by atoms with E-state index in [1.54, 1.807) is 0 Å². The van der Waals surface area contributed by atoms with Crippen LogP contribution in [-0.4, -0.2) is 0 Å². The molecule has 0 aromatic rings. The van der Waals surface area contributed by atoms with Crippen LogP contribution in [0.15, 0.2) is 0 Å². The van der Waals surface area contributed by atoms with Gasteiger partial charge in [0.2, 0.25) is 0 Å². The summed E-state index contributed by atoms with van der Waals surface area (Å²) >= 11 is 0. The van der Waals surface area contributed by atoms with Crippen LogP contribution in [0.3, 0.4) is 0 Å². The van der Waals surface area contributed by atoms with E-state index >= 15 is 0 Å². The van der Waals surface area contributed by atoms with E-state index in [9.17, 15) is 0 Å². The minimum absolute atomic E-state index is 0.975. The van der Waals surface area contributed by atoms with Crippen molar-refractivity contribution in [3.05, 3.63) is 0 Å². The van der Waals surface area contributed by atoms with E-state index < -0.39 is 0 Å². The monoisotopic (exact) mass is 236 g/mol. The van der Waals surface area contributed by atoms with Crippen molar-refractivity contribution in [2.75, 3.05) is 0 Å². The predicted octanol–water partition coefficient (Wildman–Crippen LogP) is 5.38. The van der Waals surface area contributed by atoms with Crippen molar-refractivity contribution in [3.63, 3.8) is 0 Å². The Balaban J connectivity index is 1.78. The summed E-state index contributed by atoms with van der Waals surface area (Å²) in [5.74, 6) is 7.01. The largest absolute Gasteiger partial charge is 0.0625 e. The van der Waals surface area contributed by atoms with E-state index in [0.717, 1.165) is 41.4 Å². The molecule has 5 atom stereocenters. The molecular formula is C17H32. The maximum atomic E-state index is 2.49. The number of hydrogen-bond donors (Lipinski definition) is 0. The number of rotatable bonds is 3. The van der Waals surface area contributed by atoms with Crippen molar-refractivity contribution in [2.45, 2.75) is 66.7 Å². The highest BCUT2D eigenvalue weighted by molar-refractivity contribution is 4.90. The molecule has 5 unspecified atom stereocenters. The molecule has 0 heteroatoms. The van der Waals surface area contributed by atoms with E-state index in [-0.39, 0.29) is 0 Å². The van der Waals surface area contributed by atoms with E-state index in [1.807, 2.05) is 0 Å². The minimum Gasteiger partial charge on any atom is -0.0625 e. The van der Waals surface area contributed by atoms with Gasteiger partial charge in [-0.2, -0.15) is 0 Å². The number of hydrogen-bond acceptors (Lipinski definition) is 0. The maximum Gasteiger partial charge on any atom is -0.0357 e. The molecule has 0 bridgehead atoms. The summed E-state index contributed by atoms with van der Waals surface area (Å²) in [6.45, 7) is 12.3. The summed E-state index contributed by atoms with van der Waals surface area (Å²) in [7, 11) is 0. The second-order valence-corrected chi connectivity index (χ2v) is 7.47. The van der Waals surface area contributed by atoms with E-state index in [4.69, 9.17) is 0 Å². The second-order valence-electron chi connectivity index (χ2n) is 7.47. The van der Waals surface area contributed by atoms with Gasteiger partial charge in [-0.25, -0.2) is 0 Å². The van der Waals surface area contributed by atoms with E-state index in [1.165, 1.54) is 32.1 Å². The fourth-order valence-electron chi connectivity index (χ4n) is 4.58. The lowest BCUT2D eigenvalue weighted by atomic mass is 9.57. The molecule has 2 aliphatic carbocycles. The molecule has 0 aromatic carbocycles. The van der Waals surface area contributed by atoms with Gasteiger partial charge in [0.15, 0.2) is 0 Å². The van der Waals surface area contributed by atoms with E-state index in [2.05, 4.69) is 34.6 Å². The first-order chi connectivity index (χ1) is 8.00. The third kappa shape index (κ3) is 2.71. The van der Waals surface area contributed by atoms with Crippen molar-refractivity contribution >= 4 is 0 Å². The lowest BCUT2D eigenvalue weighted by Crippen LogP contribution is -2.42. The van der Waals surface area contributed by atoms with Gasteiger partial charge in [0.1, 0.15) is 0 Å². The molecule has 0 N–H and O–H groups in total. The average molecular weight is 236 g/mol. The minimum atomic E-state index is 0.975. The van der Waals surface area contributed by atoms with Gasteiger partial charge in [-0.1, -0.05) is 47.5 Å². The lowest BCUT2D eigenvalue weighted by Gasteiger charge is -2.49. The lowest BCUT2D eigenvalue weighted by molar-refractivity contribution is 0.00133. The fourth-order valence-corrected chi connectivity index (χ4v) is 4.58. The van der Waals surface area contributed by atoms with Gasteiger partial charge in [0, 0.05) is 0 Å². The van der Waals surface area contributed by atoms with Crippen LogP contribution in [-0.2, 0) is 0 Å². The Morgan fingerprint density at radius 1 is 0.765 bits per heavy atom. The Kier molecular flexibility index (Phi) is 4.21. The molecule has 0 saturated heterocycles. The third-order valence-electron chi connectivity index (χ3n) is 6.50. The van der Waals surface area contributed by atoms with Crippen LogP contribution in [0.1, 0.15) is 66.7 Å². The summed E-state index contributed by atoms with van der Waals surface area (Å²) in [5.41, 5.74) is 0. The van der Waals surface area contributed by atoms with Crippen LogP contribution >= 0.6 is 0 Å². The van der Waals surface area contributed by atoms with Gasteiger partial charge in [0.05, 0.1) is 0 Å². The highest BCUT2D eigenvalue weighted by atomic mass is 14.5. The van der Waals surface area contributed by atoms with Crippen molar-refractivity contribution in [3.8, 4) is 0 Å². The van der Waals surface area contributed by atoms with Gasteiger partial charge in [-0.15, -0.1) is 0 Å². The Morgan fingerprint density at radius 3 is 2.06 bits per heavy atom. The SMILES string of the molecule is CC1CCC(C)C(CCC2C(C)C(C)C2C)C1. The molecule has 0 heterocycles. The van der Waals surface area contributed by atoms with Crippen LogP contribution in [0.2, 0.25) is 0 Å². The normalized spacial score (nSPS) is 51.0. The molecule has 0 radical (unpaired) electrons. The molecule has 2 fully saturated rings. The third-order valence-corrected chi connectivity index (χ3v) is 6.50. The fraction of sp³-hybridized carbons (Fsp3) is 1.00. The molecule has 0 aromatic heterocycles. The molecule has 2 rings (SSSR count). The highest BCUT2D eigenvalue weighted by Gasteiger charge is 2.41. The molecule has 2 aliphatic rings. The zero-order valence-corrected chi connectivity index (χ0v) is 12.6. The van der Waals surface area contributed by atoms with Crippen molar-refractivity contribution in [1.82, 2.24) is 0 Å². The van der Waals surface area contributed by atoms with Gasteiger partial charge < -0.3 is 0 Å². The van der Waals surface area contributed by atoms with Gasteiger partial charge in [0.25, 0.3) is 0 Å². The predicted molar refractivity (Wildman–Crippen MR) is 75.9 cm³/mol. The molecular weight excluding hydrogens is 204 g/mol. The summed E-state index contributed by atoms with van der Waals surface area (Å²) in [6.07, 6.45) is 7.49. The summed E-state index contributed by atoms with van der Waals surface area (Å²) in [5, 5.41) is 0. The first kappa shape index (κ1) is 13.4. The van der Waals surface area contributed by atoms with Gasteiger partial charge >= 0.3 is 0 Å². The standard InChI is InChI=1S/C17H32/c1-11-6-7-12(2)16(10-11)8-9-17-14(4)13(3)15(17)5/h11-17H,6-10H2,1-5H3. The summed E-state index contributed by atoms with van der Waals surface area (Å²) in [4.78, 5) is 0. The molecule has 17 heavy (non-hydrogen) atoms. The van der Waals surface area contributed by atoms with Crippen LogP contribution in [0.5, 0.6) is 0 Å². The van der Waals surface area contributed by atoms with Crippen LogP contribution in [0.4, 0.5) is 0 Å². The van der Waals surface area contributed by atoms with Gasteiger partial charge in [-0.05, 0) is 60.7 Å². The van der Waals surface area contributed by atoms with E-state index in [0.29, 0.717) is 0 Å². The van der Waals surface area contributed by atoms with Crippen LogP contribution in [0, 0.1) is 41.4 Å².